The van der Waals surface area contributed by atoms with Gasteiger partial charge >= 0.3 is 0 Å². The van der Waals surface area contributed by atoms with Crippen LogP contribution in [0.25, 0.3) is 0 Å². The fraction of sp³-hybridized carbons (Fsp3) is 0.286. The van der Waals surface area contributed by atoms with Crippen LogP contribution < -0.4 is 11.1 Å². The Labute approximate surface area is 95.2 Å². The van der Waals surface area contributed by atoms with Crippen LogP contribution in [0.15, 0.2) is 15.9 Å². The smallest absolute Gasteiger partial charge is 0.261 e. The first-order valence-electron chi connectivity index (χ1n) is 3.47. The lowest BCUT2D eigenvalue weighted by Gasteiger charge is -1.98. The van der Waals surface area contributed by atoms with Gasteiger partial charge in [-0.1, -0.05) is 0 Å². The van der Waals surface area contributed by atoms with E-state index < -0.39 is 0 Å². The van der Waals surface area contributed by atoms with E-state index in [0.717, 1.165) is 3.79 Å². The number of carbonyl (C=O) groups excluding carboxylic acids is 1. The van der Waals surface area contributed by atoms with Crippen molar-refractivity contribution in [2.45, 2.75) is 0 Å². The maximum atomic E-state index is 11.2. The fourth-order valence-electron chi connectivity index (χ4n) is 0.709. The van der Waals surface area contributed by atoms with Gasteiger partial charge in [-0.05, 0) is 28.1 Å². The molecule has 0 aromatic carbocycles. The highest BCUT2D eigenvalue weighted by atomic mass is 79.9. The number of nitrogens with two attached hydrogens (primary N) is 1. The zero-order valence-electron chi connectivity index (χ0n) is 6.75. The van der Waals surface area contributed by atoms with E-state index in [1.165, 1.54) is 11.3 Å². The van der Waals surface area contributed by atoms with E-state index in [2.05, 4.69) is 21.2 Å². The topological polar surface area (TPSA) is 55.1 Å². The summed E-state index contributed by atoms with van der Waals surface area (Å²) in [6.07, 6.45) is 0. The third-order valence-electron chi connectivity index (χ3n) is 1.23. The first-order chi connectivity index (χ1) is 5.74. The Hall–Kier alpha value is -0.100. The van der Waals surface area contributed by atoms with Crippen LogP contribution in [0.5, 0.6) is 0 Å². The van der Waals surface area contributed by atoms with Gasteiger partial charge in [0.25, 0.3) is 5.91 Å². The first-order valence-corrected chi connectivity index (χ1v) is 5.08. The maximum Gasteiger partial charge on any atom is 0.261 e. The highest BCUT2D eigenvalue weighted by Crippen LogP contribution is 2.21. The van der Waals surface area contributed by atoms with E-state index >= 15 is 0 Å². The van der Waals surface area contributed by atoms with Crippen LogP contribution in [0.1, 0.15) is 9.67 Å². The molecule has 74 valence electrons. The summed E-state index contributed by atoms with van der Waals surface area (Å²) >= 11 is 4.69. The second kappa shape index (κ2) is 6.37. The molecule has 1 heterocycles. The minimum Gasteiger partial charge on any atom is -0.350 e. The van der Waals surface area contributed by atoms with Crippen molar-refractivity contribution in [2.75, 3.05) is 13.1 Å². The Kier molecular flexibility index (Phi) is 6.32. The minimum absolute atomic E-state index is 0. The third-order valence-corrected chi connectivity index (χ3v) is 2.85. The summed E-state index contributed by atoms with van der Waals surface area (Å²) in [5, 5.41) is 2.69. The summed E-state index contributed by atoms with van der Waals surface area (Å²) in [7, 11) is 0. The summed E-state index contributed by atoms with van der Waals surface area (Å²) < 4.78 is 0.959. The van der Waals surface area contributed by atoms with Gasteiger partial charge in [0.2, 0.25) is 0 Å². The molecule has 3 nitrogen and oxygen atoms in total. The number of amides is 1. The largest absolute Gasteiger partial charge is 0.350 e. The van der Waals surface area contributed by atoms with E-state index in [1.54, 1.807) is 6.07 Å². The highest BCUT2D eigenvalue weighted by Gasteiger charge is 2.06. The Balaban J connectivity index is 0.00000144. The number of hydrogen-bond acceptors (Lipinski definition) is 3. The van der Waals surface area contributed by atoms with Gasteiger partial charge in [0.05, 0.1) is 8.66 Å². The third kappa shape index (κ3) is 4.08. The lowest BCUT2D eigenvalue weighted by molar-refractivity contribution is 0.0959. The predicted molar refractivity (Wildman–Crippen MR) is 60.7 cm³/mol. The number of rotatable bonds is 3. The average Bonchev–Trinajstić information content (AvgIpc) is 2.47. The molecule has 1 rings (SSSR count). The van der Waals surface area contributed by atoms with Crippen LogP contribution in [0, 0.1) is 0 Å². The molecule has 0 aliphatic carbocycles. The second-order valence-electron chi connectivity index (χ2n) is 2.15. The standard InChI is InChI=1S/C7H9BrN2OS.ClH/c8-6-2-1-5(12-6)7(11)10-4-3-9;/h1-2H,3-4,9H2,(H,10,11);1H. The molecule has 0 aliphatic rings. The van der Waals surface area contributed by atoms with Gasteiger partial charge in [-0.2, -0.15) is 0 Å². The first kappa shape index (κ1) is 12.9. The van der Waals surface area contributed by atoms with Crippen LogP contribution in [-0.2, 0) is 0 Å². The summed E-state index contributed by atoms with van der Waals surface area (Å²) in [5.41, 5.74) is 5.24. The molecule has 1 aromatic rings. The van der Waals surface area contributed by atoms with Crippen LogP contribution in [0.4, 0.5) is 0 Å². The van der Waals surface area contributed by atoms with E-state index in [-0.39, 0.29) is 18.3 Å². The summed E-state index contributed by atoms with van der Waals surface area (Å²) in [4.78, 5) is 11.9. The molecule has 1 aromatic heterocycles. The lowest BCUT2D eigenvalue weighted by Crippen LogP contribution is -2.28. The molecule has 0 bridgehead atoms. The van der Waals surface area contributed by atoms with E-state index in [0.29, 0.717) is 18.0 Å². The number of halogens is 2. The van der Waals surface area contributed by atoms with E-state index in [1.807, 2.05) is 6.07 Å². The Morgan fingerprint density at radius 2 is 2.31 bits per heavy atom. The predicted octanol–water partition coefficient (Wildman–Crippen LogP) is 1.62. The molecule has 0 saturated carbocycles. The molecule has 0 unspecified atom stereocenters. The zero-order chi connectivity index (χ0) is 8.97. The van der Waals surface area contributed by atoms with Gasteiger partial charge in [-0.3, -0.25) is 4.79 Å². The molecule has 13 heavy (non-hydrogen) atoms. The SMILES string of the molecule is Cl.NCCNC(=O)c1ccc(Br)s1. The van der Waals surface area contributed by atoms with Gasteiger partial charge in [-0.15, -0.1) is 23.7 Å². The Morgan fingerprint density at radius 3 is 2.77 bits per heavy atom. The Morgan fingerprint density at radius 1 is 1.62 bits per heavy atom. The summed E-state index contributed by atoms with van der Waals surface area (Å²) in [6.45, 7) is 0.993. The van der Waals surface area contributed by atoms with Crippen molar-refractivity contribution in [1.29, 1.82) is 0 Å². The Bertz CT molecular complexity index is 279. The van der Waals surface area contributed by atoms with Gasteiger partial charge in [-0.25, -0.2) is 0 Å². The molecule has 1 amide bonds. The molecule has 3 N–H and O–H groups in total. The zero-order valence-corrected chi connectivity index (χ0v) is 9.97. The van der Waals surface area contributed by atoms with Crippen LogP contribution in [-0.4, -0.2) is 19.0 Å². The van der Waals surface area contributed by atoms with Crippen molar-refractivity contribution in [3.8, 4) is 0 Å². The van der Waals surface area contributed by atoms with Gasteiger partial charge in [0, 0.05) is 13.1 Å². The normalized spacial score (nSPS) is 9.08. The quantitative estimate of drug-likeness (QED) is 0.887. The van der Waals surface area contributed by atoms with Crippen LogP contribution >= 0.6 is 39.7 Å². The molecule has 0 radical (unpaired) electrons. The molecule has 0 aliphatic heterocycles. The monoisotopic (exact) mass is 284 g/mol. The molecule has 0 spiro atoms. The van der Waals surface area contributed by atoms with Gasteiger partial charge < -0.3 is 11.1 Å². The molecule has 6 heteroatoms. The summed E-state index contributed by atoms with van der Waals surface area (Å²) in [6, 6.07) is 3.63. The molecular weight excluding hydrogens is 276 g/mol. The van der Waals surface area contributed by atoms with Crippen molar-refractivity contribution < 1.29 is 4.79 Å². The van der Waals surface area contributed by atoms with Gasteiger partial charge in [0.15, 0.2) is 0 Å². The van der Waals surface area contributed by atoms with Crippen molar-refractivity contribution in [3.05, 3.63) is 20.8 Å². The minimum atomic E-state index is -0.0591. The fourth-order valence-corrected chi connectivity index (χ4v) is 2.01. The van der Waals surface area contributed by atoms with E-state index in [4.69, 9.17) is 5.73 Å². The average molecular weight is 286 g/mol. The van der Waals surface area contributed by atoms with Crippen LogP contribution in [0.3, 0.4) is 0 Å². The van der Waals surface area contributed by atoms with E-state index in [9.17, 15) is 4.79 Å². The summed E-state index contributed by atoms with van der Waals surface area (Å²) in [5.74, 6) is -0.0591. The number of nitrogens with one attached hydrogen (secondary N) is 1. The molecule has 0 fully saturated rings. The number of carbonyl (C=O) groups is 1. The van der Waals surface area contributed by atoms with Gasteiger partial charge in [0.1, 0.15) is 0 Å². The van der Waals surface area contributed by atoms with Crippen molar-refractivity contribution in [1.82, 2.24) is 5.32 Å². The molecule has 0 saturated heterocycles. The molecule has 0 atom stereocenters. The second-order valence-corrected chi connectivity index (χ2v) is 4.61. The maximum absolute atomic E-state index is 11.2. The van der Waals surface area contributed by atoms with Crippen molar-refractivity contribution in [3.63, 3.8) is 0 Å². The van der Waals surface area contributed by atoms with Crippen molar-refractivity contribution >= 4 is 45.6 Å². The van der Waals surface area contributed by atoms with Crippen molar-refractivity contribution in [2.24, 2.45) is 5.73 Å². The number of thiophene rings is 1. The number of hydrogen-bond donors (Lipinski definition) is 2. The van der Waals surface area contributed by atoms with Crippen LogP contribution in [0.2, 0.25) is 0 Å². The molecular formula is C7H10BrClN2OS. The lowest BCUT2D eigenvalue weighted by atomic mass is 10.4. The highest BCUT2D eigenvalue weighted by molar-refractivity contribution is 9.11.